The van der Waals surface area contributed by atoms with Crippen LogP contribution in [-0.2, 0) is 4.79 Å². The molecule has 2 aromatic carbocycles. The van der Waals surface area contributed by atoms with Crippen LogP contribution >= 0.6 is 0 Å². The van der Waals surface area contributed by atoms with Crippen LogP contribution in [0.4, 0.5) is 0 Å². The minimum absolute atomic E-state index is 0.112. The quantitative estimate of drug-likeness (QED) is 0.709. The van der Waals surface area contributed by atoms with Crippen molar-refractivity contribution >= 4 is 17.9 Å². The zero-order valence-corrected chi connectivity index (χ0v) is 16.1. The maximum atomic E-state index is 13.1. The number of rotatable bonds is 2. The Hall–Kier alpha value is -3.21. The van der Waals surface area contributed by atoms with E-state index < -0.39 is 0 Å². The highest BCUT2D eigenvalue weighted by molar-refractivity contribution is 6.14. The lowest BCUT2D eigenvalue weighted by Crippen LogP contribution is -2.15. The van der Waals surface area contributed by atoms with Crippen molar-refractivity contribution in [2.24, 2.45) is 0 Å². The van der Waals surface area contributed by atoms with Crippen LogP contribution in [0.1, 0.15) is 30.4 Å². The fraction of sp³-hybridized carbons (Fsp3) is 0.292. The van der Waals surface area contributed by atoms with Gasteiger partial charge in [0.25, 0.3) is 0 Å². The summed E-state index contributed by atoms with van der Waals surface area (Å²) >= 11 is 0. The molecule has 1 aliphatic carbocycles. The minimum atomic E-state index is 0.112. The molecule has 0 saturated heterocycles. The first-order valence-corrected chi connectivity index (χ1v) is 10.0. The summed E-state index contributed by atoms with van der Waals surface area (Å²) in [4.78, 5) is 13.1. The van der Waals surface area contributed by atoms with E-state index in [1.54, 1.807) is 0 Å². The smallest absolute Gasteiger partial charge is 0.185 e. The molecule has 1 fully saturated rings. The molecular weight excluding hydrogens is 368 g/mol. The van der Waals surface area contributed by atoms with Crippen LogP contribution in [0.25, 0.3) is 12.2 Å². The first-order chi connectivity index (χ1) is 14.3. The van der Waals surface area contributed by atoms with Gasteiger partial charge in [-0.05, 0) is 66.8 Å². The van der Waals surface area contributed by atoms with Crippen LogP contribution in [0, 0.1) is 0 Å². The average molecular weight is 390 g/mol. The normalized spacial score (nSPS) is 20.8. The summed E-state index contributed by atoms with van der Waals surface area (Å²) in [6.07, 6.45) is 6.46. The maximum absolute atomic E-state index is 13.1. The zero-order valence-electron chi connectivity index (χ0n) is 16.1. The van der Waals surface area contributed by atoms with Gasteiger partial charge in [-0.25, -0.2) is 0 Å². The molecule has 148 valence electrons. The molecular formula is C24H22O5. The predicted molar refractivity (Wildman–Crippen MR) is 110 cm³/mol. The molecule has 0 radical (unpaired) electrons. The number of benzene rings is 2. The second-order valence-corrected chi connectivity index (χ2v) is 7.33. The Kier molecular flexibility index (Phi) is 4.72. The first kappa shape index (κ1) is 17.9. The van der Waals surface area contributed by atoms with Crippen LogP contribution in [0.15, 0.2) is 47.5 Å². The van der Waals surface area contributed by atoms with Gasteiger partial charge in [0.1, 0.15) is 26.4 Å². The third-order valence-electron chi connectivity index (χ3n) is 5.29. The van der Waals surface area contributed by atoms with Crippen molar-refractivity contribution in [2.45, 2.75) is 19.3 Å². The Morgan fingerprint density at radius 2 is 1.07 bits per heavy atom. The van der Waals surface area contributed by atoms with E-state index in [9.17, 15) is 4.79 Å². The standard InChI is InChI=1S/C24H22O5/c25-24-18(12-16-4-6-20-22(14-16)28-10-8-26-20)2-1-3-19(24)13-17-5-7-21-23(15-17)29-11-9-27-21/h4-7,12-15H,1-3,8-11H2. The number of Topliss-reactive ketones (excluding diaryl/α,β-unsaturated/α-hetero) is 1. The molecule has 0 aromatic heterocycles. The van der Waals surface area contributed by atoms with Crippen molar-refractivity contribution in [3.05, 3.63) is 58.7 Å². The lowest BCUT2D eigenvalue weighted by molar-refractivity contribution is -0.112. The summed E-state index contributed by atoms with van der Waals surface area (Å²) < 4.78 is 22.4. The van der Waals surface area contributed by atoms with Crippen LogP contribution < -0.4 is 18.9 Å². The SMILES string of the molecule is O=C1C(=Cc2ccc3c(c2)OCCO3)CCCC1=Cc1ccc2c(c1)OCCO2. The summed E-state index contributed by atoms with van der Waals surface area (Å²) in [6, 6.07) is 11.6. The summed E-state index contributed by atoms with van der Waals surface area (Å²) in [5, 5.41) is 0. The van der Waals surface area contributed by atoms with E-state index in [4.69, 9.17) is 18.9 Å². The van der Waals surface area contributed by atoms with E-state index >= 15 is 0 Å². The highest BCUT2D eigenvalue weighted by Gasteiger charge is 2.21. The van der Waals surface area contributed by atoms with E-state index in [2.05, 4.69) is 0 Å². The second-order valence-electron chi connectivity index (χ2n) is 7.33. The molecule has 2 aliphatic heterocycles. The molecule has 2 aromatic rings. The van der Waals surface area contributed by atoms with Gasteiger partial charge in [0.15, 0.2) is 28.8 Å². The number of carbonyl (C=O) groups excluding carboxylic acids is 1. The van der Waals surface area contributed by atoms with E-state index in [1.807, 2.05) is 48.6 Å². The van der Waals surface area contributed by atoms with E-state index in [1.165, 1.54) is 0 Å². The maximum Gasteiger partial charge on any atom is 0.185 e. The van der Waals surface area contributed by atoms with Gasteiger partial charge in [-0.1, -0.05) is 12.1 Å². The van der Waals surface area contributed by atoms with Crippen molar-refractivity contribution in [1.29, 1.82) is 0 Å². The lowest BCUT2D eigenvalue weighted by Gasteiger charge is -2.20. The molecule has 2 heterocycles. The summed E-state index contributed by atoms with van der Waals surface area (Å²) in [5.74, 6) is 3.10. The van der Waals surface area contributed by atoms with Crippen molar-refractivity contribution < 1.29 is 23.7 Å². The summed E-state index contributed by atoms with van der Waals surface area (Å²) in [7, 11) is 0. The summed E-state index contributed by atoms with van der Waals surface area (Å²) in [6.45, 7) is 2.24. The van der Waals surface area contributed by atoms with Crippen molar-refractivity contribution in [3.8, 4) is 23.0 Å². The fourth-order valence-corrected chi connectivity index (χ4v) is 3.88. The number of ketones is 1. The van der Waals surface area contributed by atoms with Crippen LogP contribution in [-0.4, -0.2) is 32.2 Å². The summed E-state index contributed by atoms with van der Waals surface area (Å²) in [5.41, 5.74) is 3.57. The van der Waals surface area contributed by atoms with Gasteiger partial charge in [-0.3, -0.25) is 4.79 Å². The fourth-order valence-electron chi connectivity index (χ4n) is 3.88. The number of hydrogen-bond donors (Lipinski definition) is 0. The Morgan fingerprint density at radius 3 is 1.55 bits per heavy atom. The number of ether oxygens (including phenoxy) is 4. The predicted octanol–water partition coefficient (Wildman–Crippen LogP) is 4.45. The van der Waals surface area contributed by atoms with Gasteiger partial charge in [-0.2, -0.15) is 0 Å². The molecule has 0 amide bonds. The number of fused-ring (bicyclic) bond motifs is 2. The molecule has 0 atom stereocenters. The van der Waals surface area contributed by atoms with Crippen molar-refractivity contribution in [3.63, 3.8) is 0 Å². The third kappa shape index (κ3) is 3.73. The monoisotopic (exact) mass is 390 g/mol. The van der Waals surface area contributed by atoms with E-state index in [0.29, 0.717) is 26.4 Å². The van der Waals surface area contributed by atoms with Gasteiger partial charge in [-0.15, -0.1) is 0 Å². The Labute approximate surface area is 169 Å². The topological polar surface area (TPSA) is 54.0 Å². The average Bonchev–Trinajstić information content (AvgIpc) is 2.76. The Morgan fingerprint density at radius 1 is 0.621 bits per heavy atom. The second kappa shape index (κ2) is 7.66. The molecule has 5 nitrogen and oxygen atoms in total. The highest BCUT2D eigenvalue weighted by Crippen LogP contribution is 2.35. The highest BCUT2D eigenvalue weighted by atomic mass is 16.6. The van der Waals surface area contributed by atoms with E-state index in [0.717, 1.165) is 64.5 Å². The van der Waals surface area contributed by atoms with Crippen LogP contribution in [0.3, 0.4) is 0 Å². The molecule has 0 bridgehead atoms. The number of carbonyl (C=O) groups is 1. The molecule has 5 rings (SSSR count). The zero-order chi connectivity index (χ0) is 19.6. The minimum Gasteiger partial charge on any atom is -0.486 e. The lowest BCUT2D eigenvalue weighted by atomic mass is 9.87. The van der Waals surface area contributed by atoms with Gasteiger partial charge in [0.2, 0.25) is 0 Å². The molecule has 0 unspecified atom stereocenters. The molecule has 3 aliphatic rings. The first-order valence-electron chi connectivity index (χ1n) is 10.0. The molecule has 0 spiro atoms. The van der Waals surface area contributed by atoms with Gasteiger partial charge < -0.3 is 18.9 Å². The van der Waals surface area contributed by atoms with Crippen LogP contribution in [0.2, 0.25) is 0 Å². The van der Waals surface area contributed by atoms with Gasteiger partial charge in [0.05, 0.1) is 0 Å². The van der Waals surface area contributed by atoms with Crippen molar-refractivity contribution in [2.75, 3.05) is 26.4 Å². The molecule has 1 saturated carbocycles. The number of allylic oxidation sites excluding steroid dienone is 2. The largest absolute Gasteiger partial charge is 0.486 e. The van der Waals surface area contributed by atoms with E-state index in [-0.39, 0.29) is 5.78 Å². The third-order valence-corrected chi connectivity index (χ3v) is 5.29. The number of hydrogen-bond acceptors (Lipinski definition) is 5. The van der Waals surface area contributed by atoms with Crippen LogP contribution in [0.5, 0.6) is 23.0 Å². The molecule has 29 heavy (non-hydrogen) atoms. The Bertz CT molecular complexity index is 938. The molecule has 5 heteroatoms. The van der Waals surface area contributed by atoms with Gasteiger partial charge >= 0.3 is 0 Å². The van der Waals surface area contributed by atoms with Gasteiger partial charge in [0, 0.05) is 11.1 Å². The van der Waals surface area contributed by atoms with Crippen molar-refractivity contribution in [1.82, 2.24) is 0 Å². The molecule has 0 N–H and O–H groups in total. The Balaban J connectivity index is 1.40.